The molecule has 0 radical (unpaired) electrons. The Morgan fingerprint density at radius 3 is 1.71 bits per heavy atom. The van der Waals surface area contributed by atoms with Crippen molar-refractivity contribution in [3.8, 4) is 67.3 Å². The molecule has 12 aromatic rings. The van der Waals surface area contributed by atoms with E-state index in [1.807, 2.05) is 6.07 Å². The van der Waals surface area contributed by atoms with Crippen LogP contribution in [-0.2, 0) is 0 Å². The number of nitrogens with zero attached hydrogens (tertiary/aromatic N) is 3. The minimum absolute atomic E-state index is 0.675. The molecule has 4 heteroatoms. The normalized spacial score (nSPS) is 11.3. The number of fused-ring (bicyclic) bond motifs is 4. The molecule has 4 nitrogen and oxygen atoms in total. The zero-order valence-corrected chi connectivity index (χ0v) is 35.9. The van der Waals surface area contributed by atoms with Gasteiger partial charge < -0.3 is 9.32 Å². The van der Waals surface area contributed by atoms with Gasteiger partial charge in [-0.3, -0.25) is 0 Å². The maximum absolute atomic E-state index is 6.65. The van der Waals surface area contributed by atoms with Crippen LogP contribution in [0.25, 0.3) is 100.0 Å². The van der Waals surface area contributed by atoms with Crippen LogP contribution < -0.4 is 4.90 Å². The van der Waals surface area contributed by atoms with E-state index in [9.17, 15) is 0 Å². The predicted octanol–water partition coefficient (Wildman–Crippen LogP) is 17.0. The zero-order valence-electron chi connectivity index (χ0n) is 35.9. The summed E-state index contributed by atoms with van der Waals surface area (Å²) in [7, 11) is 0. The van der Waals surface area contributed by atoms with Gasteiger partial charge in [0.25, 0.3) is 0 Å². The first-order valence-electron chi connectivity index (χ1n) is 22.3. The number of aromatic nitrogens is 2. The Labute approximate surface area is 383 Å². The van der Waals surface area contributed by atoms with E-state index in [4.69, 9.17) is 14.4 Å². The van der Waals surface area contributed by atoms with Gasteiger partial charge in [0.15, 0.2) is 5.82 Å². The van der Waals surface area contributed by atoms with Gasteiger partial charge in [0.05, 0.1) is 17.1 Å². The summed E-state index contributed by atoms with van der Waals surface area (Å²) in [6.07, 6.45) is 0. The molecule has 0 aliphatic carbocycles. The first-order chi connectivity index (χ1) is 32.7. The van der Waals surface area contributed by atoms with E-state index in [0.717, 1.165) is 89.3 Å². The van der Waals surface area contributed by atoms with Gasteiger partial charge in [-0.05, 0) is 105 Å². The summed E-state index contributed by atoms with van der Waals surface area (Å²) in [5, 5.41) is 4.53. The number of benzene rings is 10. The molecule has 12 rings (SSSR count). The molecule has 0 aliphatic heterocycles. The average molecular weight is 844 g/mol. The van der Waals surface area contributed by atoms with Gasteiger partial charge in [0, 0.05) is 44.4 Å². The number of furan rings is 1. The molecule has 0 amide bonds. The fourth-order valence-corrected chi connectivity index (χ4v) is 9.24. The van der Waals surface area contributed by atoms with E-state index in [1.165, 1.54) is 21.9 Å². The molecule has 0 bridgehead atoms. The Kier molecular flexibility index (Phi) is 9.81. The van der Waals surface area contributed by atoms with Crippen molar-refractivity contribution in [3.05, 3.63) is 249 Å². The van der Waals surface area contributed by atoms with Crippen molar-refractivity contribution in [1.29, 1.82) is 0 Å². The summed E-state index contributed by atoms with van der Waals surface area (Å²) in [4.78, 5) is 12.7. The highest BCUT2D eigenvalue weighted by atomic mass is 16.3. The van der Waals surface area contributed by atoms with Crippen LogP contribution in [0.3, 0.4) is 0 Å². The Morgan fingerprint density at radius 2 is 0.909 bits per heavy atom. The van der Waals surface area contributed by atoms with Gasteiger partial charge in [0.1, 0.15) is 11.2 Å². The maximum Gasteiger partial charge on any atom is 0.160 e. The van der Waals surface area contributed by atoms with E-state index in [1.54, 1.807) is 0 Å². The molecule has 0 saturated carbocycles. The standard InChI is InChI=1S/C62H41N3O/c1-4-17-44(18-5-1)53-26-12-13-28-58(53)65(51-24-8-3-9-25-51)52-35-32-43(33-36-52)47-34-37-55-60(40-47)66-59-29-15-27-54(61(55)59)48-22-14-23-50(39-48)62-63-56(45-19-6-2-7-20-45)41-57(64-62)49-31-30-42-16-10-11-21-46(42)38-49/h1-41H. The lowest BCUT2D eigenvalue weighted by Crippen LogP contribution is -2.11. The van der Waals surface area contributed by atoms with Crippen molar-refractivity contribution in [1.82, 2.24) is 9.97 Å². The summed E-state index contributed by atoms with van der Waals surface area (Å²) < 4.78 is 6.65. The van der Waals surface area contributed by atoms with E-state index >= 15 is 0 Å². The number of hydrogen-bond acceptors (Lipinski definition) is 4. The summed E-state index contributed by atoms with van der Waals surface area (Å²) >= 11 is 0. The second-order valence-electron chi connectivity index (χ2n) is 16.6. The predicted molar refractivity (Wildman–Crippen MR) is 274 cm³/mol. The summed E-state index contributed by atoms with van der Waals surface area (Å²) in [5.74, 6) is 0.675. The molecule has 2 aromatic heterocycles. The SMILES string of the molecule is c1ccc(-c2cc(-c3ccc4ccccc4c3)nc(-c3cccc(-c4cccc5oc6cc(-c7ccc(N(c8ccccc8)c8ccccc8-c8ccccc8)cc7)ccc6c45)c3)n2)cc1. The molecule has 2 heterocycles. The third-order valence-corrected chi connectivity index (χ3v) is 12.5. The summed E-state index contributed by atoms with van der Waals surface area (Å²) in [5.41, 5.74) is 16.5. The molecule has 0 aliphatic rings. The first kappa shape index (κ1) is 38.8. The van der Waals surface area contributed by atoms with Crippen molar-refractivity contribution < 1.29 is 4.42 Å². The molecule has 0 spiro atoms. The molecular formula is C62H41N3O. The lowest BCUT2D eigenvalue weighted by Gasteiger charge is -2.28. The van der Waals surface area contributed by atoms with Crippen molar-refractivity contribution in [2.45, 2.75) is 0 Å². The van der Waals surface area contributed by atoms with Crippen LogP contribution in [-0.4, -0.2) is 9.97 Å². The summed E-state index contributed by atoms with van der Waals surface area (Å²) in [6, 6.07) is 87.5. The van der Waals surface area contributed by atoms with Crippen LogP contribution in [0.1, 0.15) is 0 Å². The van der Waals surface area contributed by atoms with Gasteiger partial charge in [-0.1, -0.05) is 182 Å². The van der Waals surface area contributed by atoms with Gasteiger partial charge in [-0.15, -0.1) is 0 Å². The average Bonchev–Trinajstić information content (AvgIpc) is 3.78. The van der Waals surface area contributed by atoms with Crippen LogP contribution >= 0.6 is 0 Å². The van der Waals surface area contributed by atoms with E-state index in [2.05, 4.69) is 248 Å². The highest BCUT2D eigenvalue weighted by molar-refractivity contribution is 6.13. The van der Waals surface area contributed by atoms with Gasteiger partial charge in [-0.25, -0.2) is 9.97 Å². The minimum Gasteiger partial charge on any atom is -0.456 e. The van der Waals surface area contributed by atoms with Crippen molar-refractivity contribution >= 4 is 49.8 Å². The fraction of sp³-hybridized carbons (Fsp3) is 0. The van der Waals surface area contributed by atoms with E-state index < -0.39 is 0 Å². The lowest BCUT2D eigenvalue weighted by atomic mass is 9.96. The number of rotatable bonds is 9. The van der Waals surface area contributed by atoms with Crippen LogP contribution in [0.15, 0.2) is 253 Å². The molecular weight excluding hydrogens is 803 g/mol. The third-order valence-electron chi connectivity index (χ3n) is 12.5. The molecule has 0 atom stereocenters. The Balaban J connectivity index is 0.900. The van der Waals surface area contributed by atoms with Gasteiger partial charge in [-0.2, -0.15) is 0 Å². The number of anilines is 3. The van der Waals surface area contributed by atoms with Crippen molar-refractivity contribution in [3.63, 3.8) is 0 Å². The third kappa shape index (κ3) is 7.27. The van der Waals surface area contributed by atoms with E-state index in [0.29, 0.717) is 5.82 Å². The van der Waals surface area contributed by atoms with Crippen molar-refractivity contribution in [2.75, 3.05) is 4.90 Å². The van der Waals surface area contributed by atoms with Crippen molar-refractivity contribution in [2.24, 2.45) is 0 Å². The lowest BCUT2D eigenvalue weighted by molar-refractivity contribution is 0.669. The molecule has 0 saturated heterocycles. The number of hydrogen-bond donors (Lipinski definition) is 0. The fourth-order valence-electron chi connectivity index (χ4n) is 9.24. The zero-order chi connectivity index (χ0) is 43.8. The monoisotopic (exact) mass is 843 g/mol. The molecule has 310 valence electrons. The molecule has 0 unspecified atom stereocenters. The maximum atomic E-state index is 6.65. The Bertz CT molecular complexity index is 3690. The van der Waals surface area contributed by atoms with Crippen LogP contribution in [0.5, 0.6) is 0 Å². The second kappa shape index (κ2) is 16.7. The smallest absolute Gasteiger partial charge is 0.160 e. The second-order valence-corrected chi connectivity index (χ2v) is 16.6. The highest BCUT2D eigenvalue weighted by Crippen LogP contribution is 2.43. The highest BCUT2D eigenvalue weighted by Gasteiger charge is 2.19. The largest absolute Gasteiger partial charge is 0.456 e. The quantitative estimate of drug-likeness (QED) is 0.145. The molecule has 10 aromatic carbocycles. The molecule has 0 N–H and O–H groups in total. The Hall–Kier alpha value is -8.86. The van der Waals surface area contributed by atoms with Crippen LogP contribution in [0.4, 0.5) is 17.1 Å². The topological polar surface area (TPSA) is 42.2 Å². The molecule has 0 fully saturated rings. The van der Waals surface area contributed by atoms with Crippen LogP contribution in [0, 0.1) is 0 Å². The van der Waals surface area contributed by atoms with Gasteiger partial charge in [0.2, 0.25) is 0 Å². The van der Waals surface area contributed by atoms with E-state index in [-0.39, 0.29) is 0 Å². The Morgan fingerprint density at radius 1 is 0.318 bits per heavy atom. The first-order valence-corrected chi connectivity index (χ1v) is 22.3. The minimum atomic E-state index is 0.675. The van der Waals surface area contributed by atoms with Gasteiger partial charge >= 0.3 is 0 Å². The summed E-state index contributed by atoms with van der Waals surface area (Å²) in [6.45, 7) is 0. The number of para-hydroxylation sites is 2. The molecule has 66 heavy (non-hydrogen) atoms. The van der Waals surface area contributed by atoms with Crippen LogP contribution in [0.2, 0.25) is 0 Å².